The van der Waals surface area contributed by atoms with Crippen molar-refractivity contribution >= 4 is 12.6 Å². The van der Waals surface area contributed by atoms with Crippen molar-refractivity contribution in [1.82, 2.24) is 4.90 Å². The van der Waals surface area contributed by atoms with E-state index >= 15 is 0 Å². The fraction of sp³-hybridized carbons (Fsp3) is 1.00. The summed E-state index contributed by atoms with van der Waals surface area (Å²) in [7, 11) is 1.78. The molecule has 0 aromatic rings. The first-order chi connectivity index (χ1) is 6.88. The highest BCUT2D eigenvalue weighted by atomic mass is 32.1. The highest BCUT2D eigenvalue weighted by Gasteiger charge is 2.27. The highest BCUT2D eigenvalue weighted by Crippen LogP contribution is 2.26. The Morgan fingerprint density at radius 2 is 2.00 bits per heavy atom. The molecule has 0 radical (unpaired) electrons. The Bertz CT molecular complexity index is 139. The molecular weight excluding hydrogens is 194 g/mol. The standard InChI is InChI=1S/C11H23NOS/c1-13-9-8-12(11-5-6-11)7-3-2-4-10-14/h11,14H,2-10H2,1H3. The van der Waals surface area contributed by atoms with Gasteiger partial charge in [0.1, 0.15) is 0 Å². The number of methoxy groups -OCH3 is 1. The SMILES string of the molecule is COCCN(CCCCCS)C1CC1. The summed E-state index contributed by atoms with van der Waals surface area (Å²) in [5.41, 5.74) is 0. The molecule has 1 aliphatic rings. The minimum absolute atomic E-state index is 0.876. The molecule has 84 valence electrons. The van der Waals surface area contributed by atoms with Crippen LogP contribution in [0.2, 0.25) is 0 Å². The quantitative estimate of drug-likeness (QED) is 0.469. The molecule has 14 heavy (non-hydrogen) atoms. The van der Waals surface area contributed by atoms with Crippen molar-refractivity contribution in [3.05, 3.63) is 0 Å². The van der Waals surface area contributed by atoms with E-state index in [4.69, 9.17) is 4.74 Å². The Morgan fingerprint density at radius 1 is 1.21 bits per heavy atom. The van der Waals surface area contributed by atoms with Gasteiger partial charge in [0.05, 0.1) is 6.61 Å². The van der Waals surface area contributed by atoms with Crippen LogP contribution >= 0.6 is 12.6 Å². The van der Waals surface area contributed by atoms with Crippen LogP contribution in [0.1, 0.15) is 32.1 Å². The van der Waals surface area contributed by atoms with Crippen LogP contribution in [0.4, 0.5) is 0 Å². The molecule has 0 bridgehead atoms. The third-order valence-corrected chi connectivity index (χ3v) is 3.07. The van der Waals surface area contributed by atoms with Gasteiger partial charge in [0, 0.05) is 19.7 Å². The van der Waals surface area contributed by atoms with E-state index in [1.807, 2.05) is 0 Å². The average Bonchev–Trinajstić information content (AvgIpc) is 3.00. The Morgan fingerprint density at radius 3 is 2.57 bits per heavy atom. The molecule has 0 spiro atoms. The van der Waals surface area contributed by atoms with E-state index in [1.54, 1.807) is 7.11 Å². The first-order valence-corrected chi connectivity index (χ1v) is 6.35. The molecule has 0 unspecified atom stereocenters. The van der Waals surface area contributed by atoms with Gasteiger partial charge in [-0.15, -0.1) is 0 Å². The molecule has 1 saturated carbocycles. The second-order valence-electron chi connectivity index (χ2n) is 4.04. The maximum absolute atomic E-state index is 5.12. The molecule has 0 amide bonds. The minimum Gasteiger partial charge on any atom is -0.383 e. The zero-order valence-electron chi connectivity index (χ0n) is 9.24. The number of unbranched alkanes of at least 4 members (excludes halogenated alkanes) is 2. The van der Waals surface area contributed by atoms with Crippen molar-refractivity contribution < 1.29 is 4.74 Å². The topological polar surface area (TPSA) is 12.5 Å². The molecular formula is C11H23NOS. The van der Waals surface area contributed by atoms with E-state index in [-0.39, 0.29) is 0 Å². The molecule has 3 heteroatoms. The molecule has 0 aliphatic heterocycles. The minimum atomic E-state index is 0.876. The van der Waals surface area contributed by atoms with E-state index in [9.17, 15) is 0 Å². The van der Waals surface area contributed by atoms with Gasteiger partial charge in [0.15, 0.2) is 0 Å². The maximum atomic E-state index is 5.12. The van der Waals surface area contributed by atoms with Gasteiger partial charge < -0.3 is 4.74 Å². The second kappa shape index (κ2) is 7.55. The van der Waals surface area contributed by atoms with Crippen molar-refractivity contribution in [3.8, 4) is 0 Å². The van der Waals surface area contributed by atoms with Gasteiger partial charge in [-0.05, 0) is 38.0 Å². The summed E-state index contributed by atoms with van der Waals surface area (Å²) in [5.74, 6) is 1.03. The molecule has 0 aromatic carbocycles. The van der Waals surface area contributed by atoms with Crippen LogP contribution in [0, 0.1) is 0 Å². The zero-order valence-corrected chi connectivity index (χ0v) is 10.1. The van der Waals surface area contributed by atoms with Crippen molar-refractivity contribution in [2.75, 3.05) is 32.6 Å². The predicted molar refractivity (Wildman–Crippen MR) is 64.2 cm³/mol. The van der Waals surface area contributed by atoms with Crippen LogP contribution in [-0.4, -0.2) is 43.5 Å². The third kappa shape index (κ3) is 5.23. The van der Waals surface area contributed by atoms with E-state index in [1.165, 1.54) is 38.6 Å². The molecule has 0 heterocycles. The summed E-state index contributed by atoms with van der Waals surface area (Å²) in [6.45, 7) is 3.24. The molecule has 0 saturated heterocycles. The van der Waals surface area contributed by atoms with Gasteiger partial charge in [-0.2, -0.15) is 12.6 Å². The van der Waals surface area contributed by atoms with Gasteiger partial charge in [0.2, 0.25) is 0 Å². The van der Waals surface area contributed by atoms with Crippen molar-refractivity contribution in [1.29, 1.82) is 0 Å². The fourth-order valence-corrected chi connectivity index (χ4v) is 1.95. The predicted octanol–water partition coefficient (Wildman–Crippen LogP) is 2.20. The summed E-state index contributed by atoms with van der Waals surface area (Å²) >= 11 is 4.22. The molecule has 2 nitrogen and oxygen atoms in total. The number of ether oxygens (including phenoxy) is 1. The lowest BCUT2D eigenvalue weighted by atomic mass is 10.2. The van der Waals surface area contributed by atoms with Gasteiger partial charge in [0.25, 0.3) is 0 Å². The number of thiol groups is 1. The normalized spacial score (nSPS) is 16.5. The van der Waals surface area contributed by atoms with Crippen LogP contribution in [0.25, 0.3) is 0 Å². The first-order valence-electron chi connectivity index (χ1n) is 5.72. The Labute approximate surface area is 93.4 Å². The molecule has 0 atom stereocenters. The summed E-state index contributed by atoms with van der Waals surface area (Å²) < 4.78 is 5.12. The number of hydrogen-bond acceptors (Lipinski definition) is 3. The van der Waals surface area contributed by atoms with Crippen molar-refractivity contribution in [3.63, 3.8) is 0 Å². The lowest BCUT2D eigenvalue weighted by Crippen LogP contribution is -2.30. The molecule has 0 aromatic heterocycles. The Hall–Kier alpha value is 0.270. The number of nitrogens with zero attached hydrogens (tertiary/aromatic N) is 1. The molecule has 1 aliphatic carbocycles. The van der Waals surface area contributed by atoms with Crippen LogP contribution in [-0.2, 0) is 4.74 Å². The highest BCUT2D eigenvalue weighted by molar-refractivity contribution is 7.80. The summed E-state index contributed by atoms with van der Waals surface area (Å²) in [5, 5.41) is 0. The van der Waals surface area contributed by atoms with Crippen molar-refractivity contribution in [2.24, 2.45) is 0 Å². The van der Waals surface area contributed by atoms with E-state index in [0.29, 0.717) is 0 Å². The van der Waals surface area contributed by atoms with Crippen LogP contribution in [0.5, 0.6) is 0 Å². The van der Waals surface area contributed by atoms with E-state index in [2.05, 4.69) is 17.5 Å². The molecule has 0 N–H and O–H groups in total. The summed E-state index contributed by atoms with van der Waals surface area (Å²) in [6, 6.07) is 0.876. The van der Waals surface area contributed by atoms with Gasteiger partial charge >= 0.3 is 0 Å². The van der Waals surface area contributed by atoms with Crippen LogP contribution in [0.3, 0.4) is 0 Å². The Balaban J connectivity index is 2.02. The maximum Gasteiger partial charge on any atom is 0.0589 e. The number of rotatable bonds is 9. The van der Waals surface area contributed by atoms with Gasteiger partial charge in [-0.1, -0.05) is 6.42 Å². The summed E-state index contributed by atoms with van der Waals surface area (Å²) in [6.07, 6.45) is 6.69. The van der Waals surface area contributed by atoms with Crippen LogP contribution in [0.15, 0.2) is 0 Å². The molecule has 1 rings (SSSR count). The largest absolute Gasteiger partial charge is 0.383 e. The smallest absolute Gasteiger partial charge is 0.0589 e. The molecule has 1 fully saturated rings. The second-order valence-corrected chi connectivity index (χ2v) is 4.49. The third-order valence-electron chi connectivity index (χ3n) is 2.75. The average molecular weight is 217 g/mol. The van der Waals surface area contributed by atoms with E-state index < -0.39 is 0 Å². The fourth-order valence-electron chi connectivity index (χ4n) is 1.73. The lowest BCUT2D eigenvalue weighted by Gasteiger charge is -2.21. The lowest BCUT2D eigenvalue weighted by molar-refractivity contribution is 0.142. The van der Waals surface area contributed by atoms with E-state index in [0.717, 1.165) is 24.9 Å². The van der Waals surface area contributed by atoms with Gasteiger partial charge in [-0.3, -0.25) is 4.90 Å². The Kier molecular flexibility index (Phi) is 6.65. The number of hydrogen-bond donors (Lipinski definition) is 1. The van der Waals surface area contributed by atoms with Gasteiger partial charge in [-0.25, -0.2) is 0 Å². The van der Waals surface area contributed by atoms with Crippen molar-refractivity contribution in [2.45, 2.75) is 38.1 Å². The zero-order chi connectivity index (χ0) is 10.2. The van der Waals surface area contributed by atoms with Crippen LogP contribution < -0.4 is 0 Å². The summed E-state index contributed by atoms with van der Waals surface area (Å²) in [4.78, 5) is 2.59. The monoisotopic (exact) mass is 217 g/mol. The first kappa shape index (κ1) is 12.3.